The topological polar surface area (TPSA) is 120 Å². The highest BCUT2D eigenvalue weighted by molar-refractivity contribution is 7.91. The Hall–Kier alpha value is -3.53. The molecule has 0 saturated heterocycles. The molecule has 0 aromatic heterocycles. The SMILES string of the molecule is CCOC(=O)C1=C(CS(=O)(=O)c2ccccc2)NC(=O)N[C@H]1c1ccc(OC)c(OC)c1. The molecule has 2 amide bonds. The van der Waals surface area contributed by atoms with E-state index in [1.54, 1.807) is 43.3 Å². The Morgan fingerprint density at radius 2 is 1.72 bits per heavy atom. The van der Waals surface area contributed by atoms with Crippen molar-refractivity contribution in [1.82, 2.24) is 10.6 Å². The quantitative estimate of drug-likeness (QED) is 0.580. The van der Waals surface area contributed by atoms with Gasteiger partial charge in [-0.3, -0.25) is 0 Å². The summed E-state index contributed by atoms with van der Waals surface area (Å²) in [6, 6.07) is 11.1. The molecule has 0 unspecified atom stereocenters. The molecule has 0 fully saturated rings. The largest absolute Gasteiger partial charge is 0.493 e. The summed E-state index contributed by atoms with van der Waals surface area (Å²) in [5.74, 6) is -0.468. The second-order valence-electron chi connectivity index (χ2n) is 6.83. The highest BCUT2D eigenvalue weighted by Crippen LogP contribution is 2.35. The number of carbonyl (C=O) groups is 2. The average molecular weight is 461 g/mol. The van der Waals surface area contributed by atoms with Gasteiger partial charge in [0.2, 0.25) is 0 Å². The van der Waals surface area contributed by atoms with Gasteiger partial charge < -0.3 is 24.8 Å². The molecule has 1 aliphatic rings. The van der Waals surface area contributed by atoms with E-state index >= 15 is 0 Å². The van der Waals surface area contributed by atoms with E-state index in [4.69, 9.17) is 14.2 Å². The number of rotatable bonds is 8. The summed E-state index contributed by atoms with van der Waals surface area (Å²) in [5, 5.41) is 5.14. The number of nitrogens with one attached hydrogen (secondary N) is 2. The van der Waals surface area contributed by atoms with Crippen LogP contribution < -0.4 is 20.1 Å². The van der Waals surface area contributed by atoms with Crippen LogP contribution in [0.15, 0.2) is 64.7 Å². The van der Waals surface area contributed by atoms with Gasteiger partial charge in [-0.2, -0.15) is 0 Å². The highest BCUT2D eigenvalue weighted by Gasteiger charge is 2.36. The lowest BCUT2D eigenvalue weighted by molar-refractivity contribution is -0.139. The van der Waals surface area contributed by atoms with Crippen molar-refractivity contribution in [2.45, 2.75) is 17.9 Å². The maximum Gasteiger partial charge on any atom is 0.338 e. The van der Waals surface area contributed by atoms with Crippen LogP contribution >= 0.6 is 0 Å². The molecule has 9 nitrogen and oxygen atoms in total. The standard InChI is InChI=1S/C22H24N2O7S/c1-4-31-21(25)19-16(13-32(27,28)15-8-6-5-7-9-15)23-22(26)24-20(19)14-10-11-17(29-2)18(12-14)30-3/h5-12,20H,4,13H2,1-3H3,(H2,23,24,26)/t20-/m0/s1. The summed E-state index contributed by atoms with van der Waals surface area (Å²) in [6.45, 7) is 1.72. The minimum absolute atomic E-state index is 0.00169. The van der Waals surface area contributed by atoms with E-state index in [2.05, 4.69) is 10.6 Å². The molecule has 0 aliphatic carbocycles. The van der Waals surface area contributed by atoms with Gasteiger partial charge in [0.1, 0.15) is 0 Å². The number of amides is 2. The number of carbonyl (C=O) groups excluding carboxylic acids is 2. The Morgan fingerprint density at radius 1 is 1.03 bits per heavy atom. The van der Waals surface area contributed by atoms with E-state index in [0.29, 0.717) is 17.1 Å². The van der Waals surface area contributed by atoms with Crippen molar-refractivity contribution in [3.8, 4) is 11.5 Å². The number of esters is 1. The number of sulfone groups is 1. The van der Waals surface area contributed by atoms with Crippen LogP contribution in [0.3, 0.4) is 0 Å². The van der Waals surface area contributed by atoms with Crippen LogP contribution in [0, 0.1) is 0 Å². The fourth-order valence-corrected chi connectivity index (χ4v) is 4.71. The fraction of sp³-hybridized carbons (Fsp3) is 0.273. The van der Waals surface area contributed by atoms with E-state index in [9.17, 15) is 18.0 Å². The molecule has 0 saturated carbocycles. The molecule has 0 bridgehead atoms. The van der Waals surface area contributed by atoms with Gasteiger partial charge in [-0.15, -0.1) is 0 Å². The molecule has 32 heavy (non-hydrogen) atoms. The molecule has 1 heterocycles. The Bertz CT molecular complexity index is 1140. The number of methoxy groups -OCH3 is 2. The summed E-state index contributed by atoms with van der Waals surface area (Å²) < 4.78 is 41.7. The molecular weight excluding hydrogens is 436 g/mol. The minimum Gasteiger partial charge on any atom is -0.493 e. The number of ether oxygens (including phenoxy) is 3. The molecule has 170 valence electrons. The van der Waals surface area contributed by atoms with Crippen LogP contribution in [-0.4, -0.2) is 47.0 Å². The van der Waals surface area contributed by atoms with Gasteiger partial charge in [-0.1, -0.05) is 24.3 Å². The number of benzene rings is 2. The number of urea groups is 1. The van der Waals surface area contributed by atoms with Gasteiger partial charge in [-0.05, 0) is 36.8 Å². The van der Waals surface area contributed by atoms with Crippen LogP contribution in [0.1, 0.15) is 18.5 Å². The number of hydrogen-bond acceptors (Lipinski definition) is 7. The Morgan fingerprint density at radius 3 is 2.34 bits per heavy atom. The highest BCUT2D eigenvalue weighted by atomic mass is 32.2. The van der Waals surface area contributed by atoms with Crippen LogP contribution in [0.2, 0.25) is 0 Å². The molecule has 0 spiro atoms. The third-order valence-corrected chi connectivity index (χ3v) is 6.49. The predicted octanol–water partition coefficient (Wildman–Crippen LogP) is 2.35. The zero-order chi connectivity index (χ0) is 23.3. The van der Waals surface area contributed by atoms with Gasteiger partial charge in [0.15, 0.2) is 21.3 Å². The molecule has 2 aromatic carbocycles. The lowest BCUT2D eigenvalue weighted by atomic mass is 9.95. The molecule has 2 N–H and O–H groups in total. The van der Waals surface area contributed by atoms with Gasteiger partial charge in [0, 0.05) is 5.70 Å². The summed E-state index contributed by atoms with van der Waals surface area (Å²) >= 11 is 0. The van der Waals surface area contributed by atoms with Crippen molar-refractivity contribution in [3.63, 3.8) is 0 Å². The molecule has 1 aliphatic heterocycles. The van der Waals surface area contributed by atoms with E-state index in [0.717, 1.165) is 0 Å². The van der Waals surface area contributed by atoms with Crippen LogP contribution in [0.5, 0.6) is 11.5 Å². The zero-order valence-electron chi connectivity index (χ0n) is 17.9. The first-order chi connectivity index (χ1) is 15.3. The van der Waals surface area contributed by atoms with Crippen molar-refractivity contribution in [2.75, 3.05) is 26.6 Å². The van der Waals surface area contributed by atoms with E-state index < -0.39 is 33.6 Å². The lowest BCUT2D eigenvalue weighted by Gasteiger charge is -2.29. The molecule has 10 heteroatoms. The molecule has 2 aromatic rings. The summed E-state index contributed by atoms with van der Waals surface area (Å²) in [7, 11) is -0.899. The Kier molecular flexibility index (Phi) is 7.04. The maximum atomic E-state index is 13.0. The molecule has 3 rings (SSSR count). The van der Waals surface area contributed by atoms with Crippen molar-refractivity contribution in [2.24, 2.45) is 0 Å². The van der Waals surface area contributed by atoms with Crippen LogP contribution in [0.25, 0.3) is 0 Å². The second kappa shape index (κ2) is 9.73. The second-order valence-corrected chi connectivity index (χ2v) is 8.82. The molecule has 1 atom stereocenters. The van der Waals surface area contributed by atoms with E-state index in [-0.39, 0.29) is 22.8 Å². The normalized spacial score (nSPS) is 16.1. The van der Waals surface area contributed by atoms with Gasteiger partial charge in [-0.25, -0.2) is 18.0 Å². The number of hydrogen-bond donors (Lipinski definition) is 2. The minimum atomic E-state index is -3.85. The van der Waals surface area contributed by atoms with Gasteiger partial charge in [0.05, 0.1) is 43.1 Å². The lowest BCUT2D eigenvalue weighted by Crippen LogP contribution is -2.47. The molecule has 0 radical (unpaired) electrons. The van der Waals surface area contributed by atoms with Gasteiger partial charge >= 0.3 is 12.0 Å². The first kappa shape index (κ1) is 23.1. The predicted molar refractivity (Wildman–Crippen MR) is 116 cm³/mol. The summed E-state index contributed by atoms with van der Waals surface area (Å²) in [5.41, 5.74) is 0.448. The van der Waals surface area contributed by atoms with Crippen molar-refractivity contribution in [1.29, 1.82) is 0 Å². The van der Waals surface area contributed by atoms with Crippen molar-refractivity contribution >= 4 is 21.8 Å². The monoisotopic (exact) mass is 460 g/mol. The Labute approximate surface area is 186 Å². The first-order valence-corrected chi connectivity index (χ1v) is 11.4. The van der Waals surface area contributed by atoms with Crippen LogP contribution in [0.4, 0.5) is 4.79 Å². The van der Waals surface area contributed by atoms with E-state index in [1.807, 2.05) is 0 Å². The van der Waals surface area contributed by atoms with E-state index in [1.165, 1.54) is 26.4 Å². The smallest absolute Gasteiger partial charge is 0.338 e. The van der Waals surface area contributed by atoms with Crippen molar-refractivity contribution in [3.05, 3.63) is 65.4 Å². The first-order valence-electron chi connectivity index (χ1n) is 9.78. The third-order valence-electron chi connectivity index (χ3n) is 4.83. The average Bonchev–Trinajstić information content (AvgIpc) is 2.78. The van der Waals surface area contributed by atoms with Gasteiger partial charge in [0.25, 0.3) is 0 Å². The Balaban J connectivity index is 2.12. The zero-order valence-corrected chi connectivity index (χ0v) is 18.7. The molecular formula is C22H24N2O7S. The maximum absolute atomic E-state index is 13.0. The summed E-state index contributed by atoms with van der Waals surface area (Å²) in [6.07, 6.45) is 0. The third kappa shape index (κ3) is 4.86. The summed E-state index contributed by atoms with van der Waals surface area (Å²) in [4.78, 5) is 25.4. The van der Waals surface area contributed by atoms with Crippen molar-refractivity contribution < 1.29 is 32.2 Å². The fourth-order valence-electron chi connectivity index (χ4n) is 3.37. The van der Waals surface area contributed by atoms with Crippen LogP contribution in [-0.2, 0) is 19.4 Å².